The van der Waals surface area contributed by atoms with E-state index in [2.05, 4.69) is 37.1 Å². The molecule has 3 nitrogen and oxygen atoms in total. The molecule has 0 heterocycles. The van der Waals surface area contributed by atoms with Crippen LogP contribution in [-0.4, -0.2) is 12.2 Å². The minimum atomic E-state index is -0.516. The quantitative estimate of drug-likeness (QED) is 0.272. The van der Waals surface area contributed by atoms with Gasteiger partial charge in [-0.15, -0.1) is 0 Å². The van der Waals surface area contributed by atoms with Crippen LogP contribution in [-0.2, 0) is 7.53 Å². The van der Waals surface area contributed by atoms with Crippen molar-refractivity contribution in [3.63, 3.8) is 0 Å². The first-order valence-electron chi connectivity index (χ1n) is 6.27. The van der Waals surface area contributed by atoms with Gasteiger partial charge in [0.1, 0.15) is 17.6 Å². The second-order valence-corrected chi connectivity index (χ2v) is 11.1. The highest BCUT2D eigenvalue weighted by Crippen LogP contribution is 2.29. The van der Waals surface area contributed by atoms with Gasteiger partial charge in [-0.2, -0.15) is 0 Å². The highest BCUT2D eigenvalue weighted by molar-refractivity contribution is 14.2. The van der Waals surface area contributed by atoms with E-state index in [4.69, 9.17) is 5.46 Å². The van der Waals surface area contributed by atoms with Gasteiger partial charge in [-0.1, -0.05) is 28.1 Å². The Bertz CT molecular complexity index is 711. The zero-order valence-electron chi connectivity index (χ0n) is 11.6. The van der Waals surface area contributed by atoms with E-state index in [9.17, 15) is 9.90 Å². The molecular formula is C14H11BrIO3PS. The molecule has 0 radical (unpaired) electrons. The minimum Gasteiger partial charge on any atom is -0.508 e. The molecule has 7 heteroatoms. The topological polar surface area (TPSA) is 46.5 Å². The van der Waals surface area contributed by atoms with Crippen molar-refractivity contribution >= 4 is 58.4 Å². The summed E-state index contributed by atoms with van der Waals surface area (Å²) < 4.78 is 12.7. The molecule has 2 atom stereocenters. The summed E-state index contributed by atoms with van der Waals surface area (Å²) in [4.78, 5) is 11.9. The predicted molar refractivity (Wildman–Crippen MR) is 101 cm³/mol. The summed E-state index contributed by atoms with van der Waals surface area (Å²) >= 11 is 5.43. The van der Waals surface area contributed by atoms with Crippen LogP contribution in [0.4, 0.5) is 0 Å². The van der Waals surface area contributed by atoms with Crippen molar-refractivity contribution in [2.45, 2.75) is 4.83 Å². The van der Waals surface area contributed by atoms with Crippen LogP contribution < -0.4 is 4.18 Å². The maximum absolute atomic E-state index is 12.4. The van der Waals surface area contributed by atoms with Crippen molar-refractivity contribution in [1.82, 2.24) is 0 Å². The number of hydrogen-bond acceptors (Lipinski definition) is 3. The second-order valence-electron chi connectivity index (χ2n) is 4.14. The zero-order valence-corrected chi connectivity index (χ0v) is 16.0. The Balaban J connectivity index is 2.15. The maximum Gasteiger partial charge on any atom is 0.180 e. The average Bonchev–Trinajstić information content (AvgIpc) is 2.54. The molecule has 21 heavy (non-hydrogen) atoms. The first-order chi connectivity index (χ1) is 10.5. The van der Waals surface area contributed by atoms with E-state index in [-0.39, 0.29) is 11.5 Å². The molecule has 2 rings (SSSR count). The number of aromatic hydroxyl groups is 1. The summed E-state index contributed by atoms with van der Waals surface area (Å²) in [6.07, 6.45) is 0. The number of phenols is 1. The lowest BCUT2D eigenvalue weighted by Gasteiger charge is -2.10. The van der Waals surface area contributed by atoms with Gasteiger partial charge >= 0.3 is 0 Å². The Morgan fingerprint density at radius 2 is 2.10 bits per heavy atom. The van der Waals surface area contributed by atoms with Gasteiger partial charge in [-0.05, 0) is 49.9 Å². The normalized spacial score (nSPS) is 14.3. The fourth-order valence-electron chi connectivity index (χ4n) is 1.73. The first kappa shape index (κ1) is 15.5. The molecule has 2 aromatic rings. The summed E-state index contributed by atoms with van der Waals surface area (Å²) in [5, 5.41) is 9.49. The Morgan fingerprint density at radius 3 is 2.71 bits per heavy atom. The lowest BCUT2D eigenvalue weighted by atomic mass is 10.0. The predicted octanol–water partition coefficient (Wildman–Crippen LogP) is 5.03. The molecule has 0 aliphatic carbocycles. The number of alkyl halides is 1. The number of benzene rings is 2. The molecule has 0 saturated heterocycles. The van der Waals surface area contributed by atoms with Crippen LogP contribution in [0.5, 0.6) is 11.5 Å². The largest absolute Gasteiger partial charge is 0.508 e. The number of ketones is 1. The summed E-state index contributed by atoms with van der Waals surface area (Å²) in [5.41, 5.74) is 1.25. The van der Waals surface area contributed by atoms with Crippen LogP contribution in [0.25, 0.3) is 0 Å². The molecule has 0 saturated carbocycles. The first-order valence-corrected chi connectivity index (χ1v) is 11.5. The molecule has 1 N–H and O–H groups in total. The van der Waals surface area contributed by atoms with Crippen molar-refractivity contribution in [1.29, 1.82) is 1.28 Å². The maximum atomic E-state index is 12.4. The van der Waals surface area contributed by atoms with Gasteiger partial charge in [-0.3, -0.25) is 4.79 Å². The summed E-state index contributed by atoms with van der Waals surface area (Å²) in [7, 11) is -0.0758. The van der Waals surface area contributed by atoms with E-state index in [1.165, 1.54) is 0 Å². The smallest absolute Gasteiger partial charge is 0.180 e. The molecule has 0 aliphatic rings. The van der Waals surface area contributed by atoms with Crippen LogP contribution >= 0.6 is 45.1 Å². The van der Waals surface area contributed by atoms with E-state index in [0.29, 0.717) is 24.8 Å². The van der Waals surface area contributed by atoms with Crippen molar-refractivity contribution in [3.05, 3.63) is 59.7 Å². The van der Waals surface area contributed by atoms with Gasteiger partial charge in [0.15, 0.2) is 5.78 Å². The summed E-state index contributed by atoms with van der Waals surface area (Å²) in [6, 6.07) is 13.4. The fraction of sp³-hybridized carbons (Fsp3) is 0.0714. The van der Waals surface area contributed by atoms with E-state index in [1.54, 1.807) is 48.5 Å². The highest BCUT2D eigenvalue weighted by Gasteiger charge is 2.19. The van der Waals surface area contributed by atoms with Gasteiger partial charge in [0.2, 0.25) is 0 Å². The van der Waals surface area contributed by atoms with Crippen molar-refractivity contribution in [3.8, 4) is 11.5 Å². The fourth-order valence-corrected chi connectivity index (χ4v) is 3.43. The number of phenolic OH excluding ortho intramolecular Hbond substituents is 1. The SMILES string of the molecule is [3H]P=S(I)Oc1ccc(C(=O)C(Br)c2cccc(O)c2)cc1. The Kier molecular flexibility index (Phi) is 5.68. The minimum absolute atomic E-state index is 0.0933. The molecule has 0 fully saturated rings. The Labute approximate surface area is 149 Å². The molecule has 0 aromatic heterocycles. The van der Waals surface area contributed by atoms with Crippen LogP contribution in [0.15, 0.2) is 48.5 Å². The monoisotopic (exact) mass is 498 g/mol. The van der Waals surface area contributed by atoms with Crippen LogP contribution in [0, 0.1) is 0 Å². The molecule has 2 unspecified atom stereocenters. The van der Waals surface area contributed by atoms with Crippen LogP contribution in [0.2, 0.25) is 0 Å². The van der Waals surface area contributed by atoms with E-state index >= 15 is 0 Å². The molecule has 0 bridgehead atoms. The van der Waals surface area contributed by atoms with Crippen molar-refractivity contribution in [2.75, 3.05) is 0 Å². The van der Waals surface area contributed by atoms with E-state index < -0.39 is 12.4 Å². The number of hydrogen-bond donors (Lipinski definition) is 1. The van der Waals surface area contributed by atoms with Gasteiger partial charge in [0, 0.05) is 26.8 Å². The van der Waals surface area contributed by atoms with Crippen LogP contribution in [0.1, 0.15) is 20.7 Å². The van der Waals surface area contributed by atoms with Gasteiger partial charge in [-0.25, -0.2) is 0 Å². The van der Waals surface area contributed by atoms with Crippen molar-refractivity contribution in [2.24, 2.45) is 0 Å². The zero-order chi connectivity index (χ0) is 16.1. The number of rotatable bonds is 5. The molecule has 110 valence electrons. The molecule has 2 aromatic carbocycles. The van der Waals surface area contributed by atoms with E-state index in [0.717, 1.165) is 0 Å². The van der Waals surface area contributed by atoms with Gasteiger partial charge < -0.3 is 9.29 Å². The molecule has 0 spiro atoms. The third kappa shape index (κ3) is 4.77. The van der Waals surface area contributed by atoms with Crippen molar-refractivity contribution < 1.29 is 14.1 Å². The molecular weight excluding hydrogens is 486 g/mol. The molecule has 0 amide bonds. The van der Waals surface area contributed by atoms with Crippen LogP contribution in [0.3, 0.4) is 0 Å². The Hall–Kier alpha value is -0.430. The summed E-state index contributed by atoms with van der Waals surface area (Å²) in [6.45, 7) is 0. The third-order valence-electron chi connectivity index (χ3n) is 2.70. The Morgan fingerprint density at radius 1 is 1.38 bits per heavy atom. The lowest BCUT2D eigenvalue weighted by molar-refractivity contribution is 0.0991. The third-order valence-corrected chi connectivity index (χ3v) is 4.73. The van der Waals surface area contributed by atoms with Gasteiger partial charge in [0.25, 0.3) is 0 Å². The number of Topliss-reactive ketones (excluding diaryl/α,β-unsaturated/α-hetero) is 1. The van der Waals surface area contributed by atoms with E-state index in [1.807, 2.05) is 0 Å². The average molecular weight is 499 g/mol. The standard InChI is InChI=1S/C14H11BrIO3PS/c15-13(10-2-1-3-11(17)8-10)14(18)9-4-6-12(7-5-9)19-21(16)20/h1-8,13,17,20H/i20T. The number of halogens is 2. The molecule has 0 aliphatic heterocycles. The highest BCUT2D eigenvalue weighted by atomic mass is 127. The lowest BCUT2D eigenvalue weighted by Crippen LogP contribution is -2.07. The number of carbonyl (C=O) groups is 1. The number of carbonyl (C=O) groups excluding carboxylic acids is 1. The van der Waals surface area contributed by atoms with Gasteiger partial charge in [0.05, 0.1) is 7.53 Å². The summed E-state index contributed by atoms with van der Waals surface area (Å²) in [5.74, 6) is 0.670. The second kappa shape index (κ2) is 7.72.